The topological polar surface area (TPSA) is 114 Å². The molecule has 3 atom stereocenters. The van der Waals surface area contributed by atoms with Gasteiger partial charge in [-0.25, -0.2) is 17.6 Å². The van der Waals surface area contributed by atoms with E-state index in [1.165, 1.54) is 6.92 Å². The van der Waals surface area contributed by atoms with Crippen molar-refractivity contribution in [1.82, 2.24) is 15.4 Å². The molecule has 0 heterocycles. The predicted octanol–water partition coefficient (Wildman–Crippen LogP) is 2.30. The fourth-order valence-corrected chi connectivity index (χ4v) is 4.48. The third kappa shape index (κ3) is 7.24. The lowest BCUT2D eigenvalue weighted by Gasteiger charge is -2.25. The Hall–Kier alpha value is -2.20. The SMILES string of the molecule is C[C@H](NS(=O)(=O)c1ccc(F)cc1)C(=O)N[C@H]1CCC[C@@H]1CNC(=O)OC(C)(C)C. The van der Waals surface area contributed by atoms with Gasteiger partial charge in [0.1, 0.15) is 11.4 Å². The van der Waals surface area contributed by atoms with Crippen LogP contribution in [0.25, 0.3) is 0 Å². The zero-order valence-electron chi connectivity index (χ0n) is 17.7. The van der Waals surface area contributed by atoms with Gasteiger partial charge in [-0.3, -0.25) is 4.79 Å². The van der Waals surface area contributed by atoms with Gasteiger partial charge in [-0.1, -0.05) is 6.42 Å². The van der Waals surface area contributed by atoms with E-state index in [1.54, 1.807) is 20.8 Å². The van der Waals surface area contributed by atoms with E-state index in [1.807, 2.05) is 0 Å². The van der Waals surface area contributed by atoms with Gasteiger partial charge >= 0.3 is 6.09 Å². The van der Waals surface area contributed by atoms with Gasteiger partial charge in [0.25, 0.3) is 0 Å². The molecule has 0 saturated heterocycles. The van der Waals surface area contributed by atoms with E-state index in [-0.39, 0.29) is 16.9 Å². The molecule has 1 saturated carbocycles. The Balaban J connectivity index is 1.89. The minimum Gasteiger partial charge on any atom is -0.444 e. The van der Waals surface area contributed by atoms with Gasteiger partial charge in [0.15, 0.2) is 0 Å². The number of amides is 2. The molecule has 1 aromatic rings. The molecular weight excluding hydrogens is 413 g/mol. The van der Waals surface area contributed by atoms with Gasteiger partial charge < -0.3 is 15.4 Å². The fraction of sp³-hybridized carbons (Fsp3) is 0.600. The van der Waals surface area contributed by atoms with Crippen molar-refractivity contribution in [2.75, 3.05) is 6.54 Å². The van der Waals surface area contributed by atoms with E-state index in [4.69, 9.17) is 4.74 Å². The van der Waals surface area contributed by atoms with Crippen molar-refractivity contribution in [1.29, 1.82) is 0 Å². The van der Waals surface area contributed by atoms with E-state index < -0.39 is 39.5 Å². The van der Waals surface area contributed by atoms with Crippen LogP contribution in [0.2, 0.25) is 0 Å². The van der Waals surface area contributed by atoms with E-state index in [9.17, 15) is 22.4 Å². The summed E-state index contributed by atoms with van der Waals surface area (Å²) in [6.45, 7) is 7.13. The molecule has 0 spiro atoms. The van der Waals surface area contributed by atoms with Crippen LogP contribution in [0.4, 0.5) is 9.18 Å². The van der Waals surface area contributed by atoms with Gasteiger partial charge in [0, 0.05) is 12.6 Å². The molecule has 0 unspecified atom stereocenters. The standard InChI is InChI=1S/C20H30FN3O5S/c1-13(24-30(27,28)16-10-8-15(21)9-11-16)18(25)23-17-7-5-6-14(17)12-22-19(26)29-20(2,3)4/h8-11,13-14,17,24H,5-7,12H2,1-4H3,(H,22,26)(H,23,25)/t13-,14+,17-/m0/s1. The normalized spacial score (nSPS) is 20.4. The van der Waals surface area contributed by atoms with Crippen molar-refractivity contribution in [2.45, 2.75) is 69.5 Å². The number of hydrogen-bond acceptors (Lipinski definition) is 5. The molecule has 0 aliphatic heterocycles. The molecule has 30 heavy (non-hydrogen) atoms. The summed E-state index contributed by atoms with van der Waals surface area (Å²) in [4.78, 5) is 24.2. The number of ether oxygens (including phenoxy) is 1. The second kappa shape index (κ2) is 9.74. The largest absolute Gasteiger partial charge is 0.444 e. The molecule has 1 aromatic carbocycles. The van der Waals surface area contributed by atoms with Crippen LogP contribution in [0, 0.1) is 11.7 Å². The third-order valence-corrected chi connectivity index (χ3v) is 6.30. The number of sulfonamides is 1. The van der Waals surface area contributed by atoms with Gasteiger partial charge in [-0.05, 0) is 70.7 Å². The van der Waals surface area contributed by atoms with Crippen molar-refractivity contribution in [3.05, 3.63) is 30.1 Å². The van der Waals surface area contributed by atoms with Crippen molar-refractivity contribution in [3.63, 3.8) is 0 Å². The Kier molecular flexibility index (Phi) is 7.81. The van der Waals surface area contributed by atoms with Crippen molar-refractivity contribution in [3.8, 4) is 0 Å². The zero-order chi connectivity index (χ0) is 22.5. The second-order valence-electron chi connectivity index (χ2n) is 8.49. The molecule has 1 fully saturated rings. The highest BCUT2D eigenvalue weighted by Gasteiger charge is 2.31. The summed E-state index contributed by atoms with van der Waals surface area (Å²) in [5, 5.41) is 5.59. The number of alkyl carbamates (subject to hydrolysis) is 1. The van der Waals surface area contributed by atoms with Gasteiger partial charge in [0.2, 0.25) is 15.9 Å². The van der Waals surface area contributed by atoms with Gasteiger partial charge in [-0.15, -0.1) is 0 Å². The molecule has 0 aromatic heterocycles. The molecule has 8 nitrogen and oxygen atoms in total. The van der Waals surface area contributed by atoms with E-state index in [0.717, 1.165) is 43.5 Å². The summed E-state index contributed by atoms with van der Waals surface area (Å²) < 4.78 is 45.3. The van der Waals surface area contributed by atoms with Crippen LogP contribution < -0.4 is 15.4 Å². The Morgan fingerprint density at radius 3 is 2.43 bits per heavy atom. The van der Waals surface area contributed by atoms with Crippen LogP contribution in [0.3, 0.4) is 0 Å². The van der Waals surface area contributed by atoms with Crippen LogP contribution in [-0.4, -0.2) is 44.6 Å². The summed E-state index contributed by atoms with van der Waals surface area (Å²) in [5.41, 5.74) is -0.593. The van der Waals surface area contributed by atoms with Crippen LogP contribution in [-0.2, 0) is 19.6 Å². The number of benzene rings is 1. The summed E-state index contributed by atoms with van der Waals surface area (Å²) >= 11 is 0. The Bertz CT molecular complexity index is 852. The lowest BCUT2D eigenvalue weighted by atomic mass is 10.0. The average molecular weight is 444 g/mol. The molecule has 168 valence electrons. The highest BCUT2D eigenvalue weighted by molar-refractivity contribution is 7.89. The minimum atomic E-state index is -3.96. The van der Waals surface area contributed by atoms with Gasteiger partial charge in [-0.2, -0.15) is 4.72 Å². The maximum atomic E-state index is 13.0. The van der Waals surface area contributed by atoms with Gasteiger partial charge in [0.05, 0.1) is 10.9 Å². The Morgan fingerprint density at radius 1 is 1.20 bits per heavy atom. The lowest BCUT2D eigenvalue weighted by Crippen LogP contribution is -2.50. The molecule has 0 bridgehead atoms. The molecule has 0 radical (unpaired) electrons. The fourth-order valence-electron chi connectivity index (χ4n) is 3.28. The smallest absolute Gasteiger partial charge is 0.407 e. The molecule has 1 aliphatic rings. The molecule has 10 heteroatoms. The minimum absolute atomic E-state index is 0.0300. The maximum absolute atomic E-state index is 13.0. The van der Waals surface area contributed by atoms with Crippen LogP contribution in [0.5, 0.6) is 0 Å². The number of halogens is 1. The first kappa shape index (κ1) is 24.1. The summed E-state index contributed by atoms with van der Waals surface area (Å²) in [5.74, 6) is -0.982. The first-order valence-corrected chi connectivity index (χ1v) is 11.4. The summed E-state index contributed by atoms with van der Waals surface area (Å²) in [6, 6.07) is 3.17. The van der Waals surface area contributed by atoms with Crippen molar-refractivity contribution in [2.24, 2.45) is 5.92 Å². The summed E-state index contributed by atoms with van der Waals surface area (Å²) in [6.07, 6.45) is 1.95. The first-order valence-electron chi connectivity index (χ1n) is 9.92. The Morgan fingerprint density at radius 2 is 1.83 bits per heavy atom. The Labute approximate surface area is 177 Å². The molecule has 2 rings (SSSR count). The monoisotopic (exact) mass is 443 g/mol. The molecule has 2 amide bonds. The summed E-state index contributed by atoms with van der Waals surface area (Å²) in [7, 11) is -3.96. The van der Waals surface area contributed by atoms with E-state index >= 15 is 0 Å². The van der Waals surface area contributed by atoms with Crippen LogP contribution in [0.1, 0.15) is 47.0 Å². The van der Waals surface area contributed by atoms with E-state index in [2.05, 4.69) is 15.4 Å². The number of hydrogen-bond donors (Lipinski definition) is 3. The molecule has 3 N–H and O–H groups in total. The van der Waals surface area contributed by atoms with Crippen LogP contribution in [0.15, 0.2) is 29.2 Å². The molecule has 1 aliphatic carbocycles. The van der Waals surface area contributed by atoms with Crippen molar-refractivity contribution < 1.29 is 27.1 Å². The highest BCUT2D eigenvalue weighted by atomic mass is 32.2. The quantitative estimate of drug-likeness (QED) is 0.598. The number of nitrogens with one attached hydrogen (secondary N) is 3. The highest BCUT2D eigenvalue weighted by Crippen LogP contribution is 2.25. The van der Waals surface area contributed by atoms with E-state index in [0.29, 0.717) is 6.54 Å². The average Bonchev–Trinajstić information content (AvgIpc) is 3.05. The number of carbonyl (C=O) groups is 2. The third-order valence-electron chi connectivity index (χ3n) is 4.74. The lowest BCUT2D eigenvalue weighted by molar-refractivity contribution is -0.123. The maximum Gasteiger partial charge on any atom is 0.407 e. The van der Waals surface area contributed by atoms with Crippen molar-refractivity contribution >= 4 is 22.0 Å². The first-order chi connectivity index (χ1) is 13.9. The number of rotatable bonds is 7. The molecular formula is C20H30FN3O5S. The predicted molar refractivity (Wildman–Crippen MR) is 110 cm³/mol. The number of carbonyl (C=O) groups excluding carboxylic acids is 2. The van der Waals surface area contributed by atoms with Crippen LogP contribution >= 0.6 is 0 Å². The zero-order valence-corrected chi connectivity index (χ0v) is 18.5. The second-order valence-corrected chi connectivity index (χ2v) is 10.2.